The minimum absolute atomic E-state index is 0.225. The van der Waals surface area contributed by atoms with Crippen LogP contribution in [0.5, 0.6) is 0 Å². The van der Waals surface area contributed by atoms with Gasteiger partial charge in [0.2, 0.25) is 0 Å². The van der Waals surface area contributed by atoms with Gasteiger partial charge in [-0.15, -0.1) is 0 Å². The van der Waals surface area contributed by atoms with Crippen LogP contribution in [0.4, 0.5) is 4.39 Å². The third-order valence-electron chi connectivity index (χ3n) is 3.58. The fourth-order valence-corrected chi connectivity index (χ4v) is 2.60. The molecule has 2 rings (SSSR count). The Kier molecular flexibility index (Phi) is 4.98. The molecule has 100 valence electrons. The normalized spacial score (nSPS) is 20.5. The summed E-state index contributed by atoms with van der Waals surface area (Å²) in [6, 6.07) is 4.85. The number of hydrogen-bond donors (Lipinski definition) is 1. The van der Waals surface area contributed by atoms with Gasteiger partial charge in [0.15, 0.2) is 0 Å². The lowest BCUT2D eigenvalue weighted by Gasteiger charge is -2.14. The summed E-state index contributed by atoms with van der Waals surface area (Å²) in [6.45, 7) is 7.20. The molecule has 1 N–H and O–H groups in total. The topological polar surface area (TPSA) is 15.3 Å². The van der Waals surface area contributed by atoms with Crippen LogP contribution in [0.15, 0.2) is 18.2 Å². The van der Waals surface area contributed by atoms with Gasteiger partial charge in [-0.2, -0.15) is 0 Å². The molecule has 1 fully saturated rings. The van der Waals surface area contributed by atoms with Crippen LogP contribution in [-0.2, 0) is 6.54 Å². The van der Waals surface area contributed by atoms with E-state index in [-0.39, 0.29) is 5.82 Å². The van der Waals surface area contributed by atoms with Crippen LogP contribution in [0.2, 0.25) is 5.02 Å². The number of rotatable bonds is 5. The molecule has 0 radical (unpaired) electrons. The number of nitrogens with zero attached hydrogens (tertiary/aromatic N) is 1. The van der Waals surface area contributed by atoms with Crippen LogP contribution in [0, 0.1) is 11.7 Å². The lowest BCUT2D eigenvalue weighted by molar-refractivity contribution is 0.338. The monoisotopic (exact) mass is 270 g/mol. The second-order valence-corrected chi connectivity index (χ2v) is 5.35. The predicted octanol–water partition coefficient (Wildman–Crippen LogP) is 2.91. The number of benzene rings is 1. The fourth-order valence-electron chi connectivity index (χ4n) is 2.44. The van der Waals surface area contributed by atoms with E-state index in [0.29, 0.717) is 23.0 Å². The first-order valence-corrected chi connectivity index (χ1v) is 6.94. The summed E-state index contributed by atoms with van der Waals surface area (Å²) in [5.41, 5.74) is 0.685. The largest absolute Gasteiger partial charge is 0.312 e. The van der Waals surface area contributed by atoms with E-state index in [2.05, 4.69) is 17.1 Å². The summed E-state index contributed by atoms with van der Waals surface area (Å²) in [5.74, 6) is 0.469. The summed E-state index contributed by atoms with van der Waals surface area (Å²) in [7, 11) is 0. The summed E-state index contributed by atoms with van der Waals surface area (Å²) >= 11 is 5.72. The number of hydrogen-bond acceptors (Lipinski definition) is 2. The Balaban J connectivity index is 1.75. The van der Waals surface area contributed by atoms with Crippen molar-refractivity contribution in [1.29, 1.82) is 0 Å². The van der Waals surface area contributed by atoms with E-state index >= 15 is 0 Å². The predicted molar refractivity (Wildman–Crippen MR) is 73.3 cm³/mol. The summed E-state index contributed by atoms with van der Waals surface area (Å²) in [6.07, 6.45) is 1.24. The average Bonchev–Trinajstić information content (AvgIpc) is 2.80. The third-order valence-corrected chi connectivity index (χ3v) is 3.82. The molecule has 1 heterocycles. The molecule has 1 saturated heterocycles. The molecule has 2 nitrogen and oxygen atoms in total. The molecule has 0 amide bonds. The highest BCUT2D eigenvalue weighted by Crippen LogP contribution is 2.16. The first-order valence-electron chi connectivity index (χ1n) is 6.56. The fraction of sp³-hybridized carbons (Fsp3) is 0.571. The van der Waals surface area contributed by atoms with Crippen molar-refractivity contribution >= 4 is 11.6 Å². The average molecular weight is 271 g/mol. The Labute approximate surface area is 113 Å². The van der Waals surface area contributed by atoms with Crippen molar-refractivity contribution in [3.05, 3.63) is 34.6 Å². The van der Waals surface area contributed by atoms with Crippen LogP contribution in [0.3, 0.4) is 0 Å². The first kappa shape index (κ1) is 13.8. The molecule has 1 unspecified atom stereocenters. The quantitative estimate of drug-likeness (QED) is 0.885. The lowest BCUT2D eigenvalue weighted by Crippen LogP contribution is -2.26. The van der Waals surface area contributed by atoms with E-state index < -0.39 is 0 Å². The zero-order chi connectivity index (χ0) is 13.0. The van der Waals surface area contributed by atoms with Gasteiger partial charge >= 0.3 is 0 Å². The van der Waals surface area contributed by atoms with Gasteiger partial charge in [0, 0.05) is 23.7 Å². The molecule has 0 saturated carbocycles. The maximum absolute atomic E-state index is 13.5. The van der Waals surface area contributed by atoms with Crippen molar-refractivity contribution in [1.82, 2.24) is 10.2 Å². The number of halogens is 2. The van der Waals surface area contributed by atoms with Gasteiger partial charge in [0.1, 0.15) is 5.82 Å². The molecule has 1 atom stereocenters. The molecule has 1 aromatic carbocycles. The van der Waals surface area contributed by atoms with Crippen molar-refractivity contribution in [2.45, 2.75) is 19.9 Å². The second kappa shape index (κ2) is 6.50. The Morgan fingerprint density at radius 3 is 3.00 bits per heavy atom. The van der Waals surface area contributed by atoms with Gasteiger partial charge in [-0.25, -0.2) is 4.39 Å². The third kappa shape index (κ3) is 3.67. The van der Waals surface area contributed by atoms with Crippen LogP contribution in [0.25, 0.3) is 0 Å². The molecule has 0 aromatic heterocycles. The van der Waals surface area contributed by atoms with E-state index in [9.17, 15) is 4.39 Å². The second-order valence-electron chi connectivity index (χ2n) is 4.91. The van der Waals surface area contributed by atoms with Crippen LogP contribution in [0.1, 0.15) is 18.9 Å². The van der Waals surface area contributed by atoms with E-state index in [0.717, 1.165) is 19.6 Å². The minimum Gasteiger partial charge on any atom is -0.312 e. The molecule has 1 aliphatic heterocycles. The lowest BCUT2D eigenvalue weighted by atomic mass is 10.1. The van der Waals surface area contributed by atoms with Crippen molar-refractivity contribution in [3.8, 4) is 0 Å². The molecular weight excluding hydrogens is 251 g/mol. The molecular formula is C14H20ClFN2. The highest BCUT2D eigenvalue weighted by atomic mass is 35.5. The standard InChI is InChI=1S/C14H20ClFN2/c1-2-18-6-5-11(10-18)8-17-9-12-3-4-13(15)7-14(12)16/h3-4,7,11,17H,2,5-6,8-10H2,1H3. The zero-order valence-corrected chi connectivity index (χ0v) is 11.5. The highest BCUT2D eigenvalue weighted by Gasteiger charge is 2.20. The Morgan fingerprint density at radius 1 is 1.50 bits per heavy atom. The summed E-state index contributed by atoms with van der Waals surface area (Å²) in [5, 5.41) is 3.79. The number of likely N-dealkylation sites (tertiary alicyclic amines) is 1. The first-order chi connectivity index (χ1) is 8.69. The molecule has 0 bridgehead atoms. The highest BCUT2D eigenvalue weighted by molar-refractivity contribution is 6.30. The van der Waals surface area contributed by atoms with Gasteiger partial charge in [-0.1, -0.05) is 24.6 Å². The van der Waals surface area contributed by atoms with Gasteiger partial charge in [-0.05, 0) is 44.1 Å². The maximum Gasteiger partial charge on any atom is 0.129 e. The SMILES string of the molecule is CCN1CCC(CNCc2ccc(Cl)cc2F)C1. The Morgan fingerprint density at radius 2 is 2.33 bits per heavy atom. The summed E-state index contributed by atoms with van der Waals surface area (Å²) in [4.78, 5) is 2.45. The van der Waals surface area contributed by atoms with E-state index in [1.54, 1.807) is 12.1 Å². The van der Waals surface area contributed by atoms with Gasteiger partial charge in [0.05, 0.1) is 0 Å². The van der Waals surface area contributed by atoms with Gasteiger partial charge < -0.3 is 10.2 Å². The zero-order valence-electron chi connectivity index (χ0n) is 10.8. The van der Waals surface area contributed by atoms with Gasteiger partial charge in [-0.3, -0.25) is 0 Å². The van der Waals surface area contributed by atoms with E-state index in [4.69, 9.17) is 11.6 Å². The van der Waals surface area contributed by atoms with Crippen molar-refractivity contribution in [2.24, 2.45) is 5.92 Å². The van der Waals surface area contributed by atoms with Crippen molar-refractivity contribution in [3.63, 3.8) is 0 Å². The molecule has 18 heavy (non-hydrogen) atoms. The van der Waals surface area contributed by atoms with E-state index in [1.165, 1.54) is 19.0 Å². The molecule has 1 aliphatic rings. The van der Waals surface area contributed by atoms with E-state index in [1.807, 2.05) is 0 Å². The van der Waals surface area contributed by atoms with Crippen LogP contribution >= 0.6 is 11.6 Å². The van der Waals surface area contributed by atoms with Crippen LogP contribution in [-0.4, -0.2) is 31.1 Å². The maximum atomic E-state index is 13.5. The molecule has 0 spiro atoms. The Bertz CT molecular complexity index is 397. The van der Waals surface area contributed by atoms with Gasteiger partial charge in [0.25, 0.3) is 0 Å². The number of nitrogens with one attached hydrogen (secondary N) is 1. The summed E-state index contributed by atoms with van der Waals surface area (Å²) < 4.78 is 13.5. The van der Waals surface area contributed by atoms with Crippen molar-refractivity contribution in [2.75, 3.05) is 26.2 Å². The smallest absolute Gasteiger partial charge is 0.129 e. The minimum atomic E-state index is -0.225. The molecule has 0 aliphatic carbocycles. The molecule has 4 heteroatoms. The van der Waals surface area contributed by atoms with Crippen LogP contribution < -0.4 is 5.32 Å². The van der Waals surface area contributed by atoms with Crippen molar-refractivity contribution < 1.29 is 4.39 Å². The Hall–Kier alpha value is -0.640. The molecule has 1 aromatic rings.